The summed E-state index contributed by atoms with van der Waals surface area (Å²) in [6, 6.07) is 6.52. The lowest BCUT2D eigenvalue weighted by Gasteiger charge is -2.57. The van der Waals surface area contributed by atoms with Gasteiger partial charge >= 0.3 is 0 Å². The molecule has 128 valence electrons. The van der Waals surface area contributed by atoms with Gasteiger partial charge in [-0.15, -0.1) is 0 Å². The average Bonchev–Trinajstić information content (AvgIpc) is 2.92. The second kappa shape index (κ2) is 4.75. The van der Waals surface area contributed by atoms with Gasteiger partial charge in [0.2, 0.25) is 0 Å². The minimum Gasteiger partial charge on any atom is -0.363 e. The molecule has 7 rings (SSSR count). The van der Waals surface area contributed by atoms with Crippen molar-refractivity contribution in [1.29, 1.82) is 0 Å². The molecule has 1 aromatic carbocycles. The molecule has 3 aromatic rings. The molecule has 4 bridgehead atoms. The lowest BCUT2D eigenvalue weighted by molar-refractivity contribution is 0.0106. The fourth-order valence-corrected chi connectivity index (χ4v) is 6.42. The van der Waals surface area contributed by atoms with Crippen LogP contribution >= 0.6 is 0 Å². The van der Waals surface area contributed by atoms with Crippen LogP contribution in [0.25, 0.3) is 21.9 Å². The van der Waals surface area contributed by atoms with Crippen LogP contribution in [-0.2, 0) is 0 Å². The molecule has 2 N–H and O–H groups in total. The number of nitrogens with one attached hydrogen (secondary N) is 2. The molecule has 4 fully saturated rings. The highest BCUT2D eigenvalue weighted by atomic mass is 15.1. The monoisotopic (exact) mass is 332 g/mol. The quantitative estimate of drug-likeness (QED) is 0.709. The second-order valence-electron chi connectivity index (χ2n) is 8.94. The van der Waals surface area contributed by atoms with E-state index in [-0.39, 0.29) is 5.54 Å². The molecule has 0 radical (unpaired) electrons. The van der Waals surface area contributed by atoms with E-state index in [9.17, 15) is 0 Å². The molecule has 0 aliphatic heterocycles. The molecule has 0 amide bonds. The summed E-state index contributed by atoms with van der Waals surface area (Å²) in [7, 11) is 0. The Balaban J connectivity index is 1.46. The number of hydrogen-bond acceptors (Lipinski definition) is 3. The van der Waals surface area contributed by atoms with Gasteiger partial charge in [-0.05, 0) is 75.3 Å². The van der Waals surface area contributed by atoms with Crippen molar-refractivity contribution in [1.82, 2.24) is 15.0 Å². The third-order valence-electron chi connectivity index (χ3n) is 6.96. The van der Waals surface area contributed by atoms with E-state index in [1.54, 1.807) is 6.33 Å². The Morgan fingerprint density at radius 1 is 1.04 bits per heavy atom. The van der Waals surface area contributed by atoms with Gasteiger partial charge in [-0.1, -0.05) is 11.6 Å². The fraction of sp³-hybridized carbons (Fsp3) is 0.524. The molecule has 25 heavy (non-hydrogen) atoms. The molecule has 4 nitrogen and oxygen atoms in total. The number of aromatic amines is 1. The summed E-state index contributed by atoms with van der Waals surface area (Å²) in [6.45, 7) is 2.13. The number of fused-ring (bicyclic) bond motifs is 3. The van der Waals surface area contributed by atoms with Gasteiger partial charge in [-0.3, -0.25) is 0 Å². The Labute approximate surface area is 147 Å². The maximum atomic E-state index is 4.65. The molecule has 4 saturated carbocycles. The maximum Gasteiger partial charge on any atom is 0.154 e. The van der Waals surface area contributed by atoms with Gasteiger partial charge in [0, 0.05) is 16.4 Å². The zero-order valence-electron chi connectivity index (χ0n) is 14.7. The molecule has 0 atom stereocenters. The van der Waals surface area contributed by atoms with Gasteiger partial charge in [-0.2, -0.15) is 0 Å². The van der Waals surface area contributed by atoms with Crippen molar-refractivity contribution in [2.75, 3.05) is 5.32 Å². The summed E-state index contributed by atoms with van der Waals surface area (Å²) in [5.41, 5.74) is 4.79. The smallest absolute Gasteiger partial charge is 0.154 e. The summed E-state index contributed by atoms with van der Waals surface area (Å²) in [4.78, 5) is 12.8. The first-order chi connectivity index (χ1) is 12.2. The molecule has 0 spiro atoms. The standard InChI is InChI=1S/C21H24N4/c1-12-2-3-17-16(4-12)18-19(24-17)20(23-11-22-18)25-21-8-13-5-14(9-21)7-15(6-13)10-21/h2-4,11,13-15,24H,5-10H2,1H3,(H,22,23,25). The van der Waals surface area contributed by atoms with Crippen molar-refractivity contribution >= 4 is 27.8 Å². The normalized spacial score (nSPS) is 33.4. The van der Waals surface area contributed by atoms with E-state index in [4.69, 9.17) is 0 Å². The zero-order chi connectivity index (χ0) is 16.6. The van der Waals surface area contributed by atoms with Gasteiger partial charge < -0.3 is 10.3 Å². The van der Waals surface area contributed by atoms with Gasteiger partial charge in [0.1, 0.15) is 17.4 Å². The topological polar surface area (TPSA) is 53.6 Å². The van der Waals surface area contributed by atoms with Gasteiger partial charge in [0.05, 0.1) is 0 Å². The Hall–Kier alpha value is -2.10. The molecule has 0 unspecified atom stereocenters. The number of rotatable bonds is 2. The molecule has 4 aliphatic rings. The van der Waals surface area contributed by atoms with Gasteiger partial charge in [0.15, 0.2) is 5.82 Å². The lowest BCUT2D eigenvalue weighted by atomic mass is 9.53. The van der Waals surface area contributed by atoms with E-state index in [1.165, 1.54) is 49.5 Å². The van der Waals surface area contributed by atoms with E-state index >= 15 is 0 Å². The third-order valence-corrected chi connectivity index (χ3v) is 6.96. The molecular formula is C21H24N4. The summed E-state index contributed by atoms with van der Waals surface area (Å²) in [5, 5.41) is 5.12. The van der Waals surface area contributed by atoms with Crippen LogP contribution in [0.15, 0.2) is 24.5 Å². The van der Waals surface area contributed by atoms with Gasteiger partial charge in [0.25, 0.3) is 0 Å². The van der Waals surface area contributed by atoms with Crippen molar-refractivity contribution in [2.24, 2.45) is 17.8 Å². The maximum absolute atomic E-state index is 4.65. The van der Waals surface area contributed by atoms with Crippen molar-refractivity contribution in [3.63, 3.8) is 0 Å². The van der Waals surface area contributed by atoms with Crippen molar-refractivity contribution in [3.05, 3.63) is 30.1 Å². The van der Waals surface area contributed by atoms with Crippen LogP contribution in [0.1, 0.15) is 44.1 Å². The Morgan fingerprint density at radius 3 is 2.48 bits per heavy atom. The predicted octanol–water partition coefficient (Wildman–Crippen LogP) is 4.80. The largest absolute Gasteiger partial charge is 0.363 e. The Kier molecular flexibility index (Phi) is 2.68. The molecule has 4 heteroatoms. The Morgan fingerprint density at radius 2 is 1.76 bits per heavy atom. The van der Waals surface area contributed by atoms with Crippen LogP contribution in [0.4, 0.5) is 5.82 Å². The number of benzene rings is 1. The summed E-state index contributed by atoms with van der Waals surface area (Å²) in [5.74, 6) is 3.80. The molecule has 4 aliphatic carbocycles. The van der Waals surface area contributed by atoms with E-state index < -0.39 is 0 Å². The van der Waals surface area contributed by atoms with Crippen LogP contribution in [0, 0.1) is 24.7 Å². The number of anilines is 1. The summed E-state index contributed by atoms with van der Waals surface area (Å²) < 4.78 is 0. The Bertz CT molecular complexity index is 951. The first-order valence-corrected chi connectivity index (χ1v) is 9.69. The van der Waals surface area contributed by atoms with Crippen LogP contribution < -0.4 is 5.32 Å². The van der Waals surface area contributed by atoms with Crippen LogP contribution in [-0.4, -0.2) is 20.5 Å². The minimum absolute atomic E-state index is 0.267. The SMILES string of the molecule is Cc1ccc2[nH]c3c(NC45CC6CC(CC(C6)C4)C5)ncnc3c2c1. The van der Waals surface area contributed by atoms with E-state index in [0.29, 0.717) is 0 Å². The first-order valence-electron chi connectivity index (χ1n) is 9.69. The number of nitrogens with zero attached hydrogens (tertiary/aromatic N) is 2. The lowest BCUT2D eigenvalue weighted by Crippen LogP contribution is -2.54. The number of aromatic nitrogens is 3. The van der Waals surface area contributed by atoms with Crippen molar-refractivity contribution < 1.29 is 0 Å². The number of hydrogen-bond donors (Lipinski definition) is 2. The first kappa shape index (κ1) is 14.1. The van der Waals surface area contributed by atoms with Crippen molar-refractivity contribution in [2.45, 2.75) is 51.0 Å². The fourth-order valence-electron chi connectivity index (χ4n) is 6.42. The van der Waals surface area contributed by atoms with Gasteiger partial charge in [-0.25, -0.2) is 9.97 Å². The summed E-state index contributed by atoms with van der Waals surface area (Å²) in [6.07, 6.45) is 10.1. The van der Waals surface area contributed by atoms with Crippen LogP contribution in [0.2, 0.25) is 0 Å². The van der Waals surface area contributed by atoms with E-state index in [0.717, 1.165) is 40.1 Å². The molecule has 0 saturated heterocycles. The van der Waals surface area contributed by atoms with E-state index in [2.05, 4.69) is 45.4 Å². The number of H-pyrrole nitrogens is 1. The summed E-state index contributed by atoms with van der Waals surface area (Å²) >= 11 is 0. The predicted molar refractivity (Wildman–Crippen MR) is 101 cm³/mol. The van der Waals surface area contributed by atoms with Crippen molar-refractivity contribution in [3.8, 4) is 0 Å². The molecule has 2 aromatic heterocycles. The second-order valence-corrected chi connectivity index (χ2v) is 8.94. The van der Waals surface area contributed by atoms with Crippen LogP contribution in [0.3, 0.4) is 0 Å². The van der Waals surface area contributed by atoms with E-state index in [1.807, 2.05) is 0 Å². The highest BCUT2D eigenvalue weighted by molar-refractivity contribution is 6.08. The zero-order valence-corrected chi connectivity index (χ0v) is 14.7. The average molecular weight is 332 g/mol. The third kappa shape index (κ3) is 2.06. The number of aryl methyl sites for hydroxylation is 1. The molecule has 2 heterocycles. The van der Waals surface area contributed by atoms with Crippen LogP contribution in [0.5, 0.6) is 0 Å². The minimum atomic E-state index is 0.267. The highest BCUT2D eigenvalue weighted by Gasteiger charge is 2.51. The highest BCUT2D eigenvalue weighted by Crippen LogP contribution is 2.56. The molecular weight excluding hydrogens is 308 g/mol.